The second kappa shape index (κ2) is 7.20. The molecule has 0 fully saturated rings. The largest absolute Gasteiger partial charge is 0.481 e. The molecule has 0 heterocycles. The van der Waals surface area contributed by atoms with Crippen LogP contribution in [0.4, 0.5) is 0 Å². The Labute approximate surface area is 110 Å². The van der Waals surface area contributed by atoms with Crippen LogP contribution in [0.3, 0.4) is 0 Å². The summed E-state index contributed by atoms with van der Waals surface area (Å²) in [6.07, 6.45) is 3.57. The predicted octanol–water partition coefficient (Wildman–Crippen LogP) is 4.06. The minimum atomic E-state index is -0.662. The zero-order chi connectivity index (χ0) is 13.5. The Morgan fingerprint density at radius 1 is 1.22 bits per heavy atom. The summed E-state index contributed by atoms with van der Waals surface area (Å²) in [7, 11) is 0. The van der Waals surface area contributed by atoms with Gasteiger partial charge < -0.3 is 5.11 Å². The summed E-state index contributed by atoms with van der Waals surface area (Å²) in [5, 5.41) is 9.37. The molecule has 0 aliphatic carbocycles. The molecule has 2 nitrogen and oxygen atoms in total. The first-order valence-corrected chi connectivity index (χ1v) is 6.85. The van der Waals surface area contributed by atoms with E-state index in [1.807, 2.05) is 31.2 Å². The fraction of sp³-hybridized carbons (Fsp3) is 0.562. The van der Waals surface area contributed by atoms with E-state index < -0.39 is 5.97 Å². The highest BCUT2D eigenvalue weighted by molar-refractivity contribution is 5.70. The molecule has 0 aromatic heterocycles. The molecule has 0 spiro atoms. The smallest absolute Gasteiger partial charge is 0.306 e. The van der Waals surface area contributed by atoms with E-state index in [-0.39, 0.29) is 5.92 Å². The zero-order valence-corrected chi connectivity index (χ0v) is 11.6. The normalized spacial score (nSPS) is 12.7. The molecule has 0 aliphatic rings. The first-order valence-electron chi connectivity index (χ1n) is 6.85. The van der Waals surface area contributed by atoms with Gasteiger partial charge in [-0.1, -0.05) is 51.0 Å². The molecule has 0 amide bonds. The van der Waals surface area contributed by atoms with E-state index >= 15 is 0 Å². The van der Waals surface area contributed by atoms with Gasteiger partial charge in [-0.05, 0) is 36.8 Å². The van der Waals surface area contributed by atoms with Crippen LogP contribution in [0, 0.1) is 18.8 Å². The van der Waals surface area contributed by atoms with Crippen molar-refractivity contribution in [1.29, 1.82) is 0 Å². The monoisotopic (exact) mass is 248 g/mol. The van der Waals surface area contributed by atoms with Gasteiger partial charge in [-0.25, -0.2) is 0 Å². The zero-order valence-electron chi connectivity index (χ0n) is 11.6. The average molecular weight is 248 g/mol. The summed E-state index contributed by atoms with van der Waals surface area (Å²) in [5.74, 6) is -0.392. The Morgan fingerprint density at radius 2 is 1.83 bits per heavy atom. The lowest BCUT2D eigenvalue weighted by atomic mass is 9.86. The Morgan fingerprint density at radius 3 is 2.33 bits per heavy atom. The van der Waals surface area contributed by atoms with Gasteiger partial charge in [0.2, 0.25) is 0 Å². The van der Waals surface area contributed by atoms with E-state index in [1.54, 1.807) is 0 Å². The number of carbonyl (C=O) groups is 1. The number of hydrogen-bond acceptors (Lipinski definition) is 1. The molecule has 0 radical (unpaired) electrons. The summed E-state index contributed by atoms with van der Waals surface area (Å²) in [6, 6.07) is 8.07. The van der Waals surface area contributed by atoms with Crippen molar-refractivity contribution in [2.24, 2.45) is 11.8 Å². The van der Waals surface area contributed by atoms with Crippen LogP contribution >= 0.6 is 0 Å². The van der Waals surface area contributed by atoms with Gasteiger partial charge in [-0.2, -0.15) is 0 Å². The summed E-state index contributed by atoms with van der Waals surface area (Å²) in [6.45, 7) is 6.33. The molecule has 1 atom stereocenters. The van der Waals surface area contributed by atoms with Crippen molar-refractivity contribution < 1.29 is 9.90 Å². The molecule has 1 unspecified atom stereocenters. The molecular weight excluding hydrogens is 224 g/mol. The number of aliphatic carboxylic acids is 1. The van der Waals surface area contributed by atoms with Crippen LogP contribution in [0.1, 0.15) is 44.2 Å². The molecule has 0 saturated carbocycles. The number of aryl methyl sites for hydroxylation is 1. The summed E-state index contributed by atoms with van der Waals surface area (Å²) >= 11 is 0. The van der Waals surface area contributed by atoms with Gasteiger partial charge in [0.1, 0.15) is 0 Å². The number of benzene rings is 1. The van der Waals surface area contributed by atoms with Crippen LogP contribution in [0.5, 0.6) is 0 Å². The van der Waals surface area contributed by atoms with Crippen LogP contribution in [0.25, 0.3) is 0 Å². The predicted molar refractivity (Wildman–Crippen MR) is 74.7 cm³/mol. The van der Waals surface area contributed by atoms with E-state index in [1.165, 1.54) is 5.56 Å². The van der Waals surface area contributed by atoms with Crippen LogP contribution in [0.2, 0.25) is 0 Å². The molecule has 18 heavy (non-hydrogen) atoms. The SMILES string of the molecule is CCC(CC)CC(Cc1ccccc1C)C(=O)O. The maximum atomic E-state index is 11.4. The van der Waals surface area contributed by atoms with E-state index in [0.717, 1.165) is 24.8 Å². The third-order valence-corrected chi connectivity index (χ3v) is 3.85. The van der Waals surface area contributed by atoms with Crippen molar-refractivity contribution in [3.8, 4) is 0 Å². The maximum Gasteiger partial charge on any atom is 0.306 e. The molecule has 0 saturated heterocycles. The van der Waals surface area contributed by atoms with Gasteiger partial charge >= 0.3 is 5.97 Å². The average Bonchev–Trinajstić information content (AvgIpc) is 2.36. The van der Waals surface area contributed by atoms with Gasteiger partial charge in [-0.15, -0.1) is 0 Å². The topological polar surface area (TPSA) is 37.3 Å². The standard InChI is InChI=1S/C16H24O2/c1-4-13(5-2)10-15(16(17)18)11-14-9-7-6-8-12(14)3/h6-9,13,15H,4-5,10-11H2,1-3H3,(H,17,18). The summed E-state index contributed by atoms with van der Waals surface area (Å²) < 4.78 is 0. The number of carboxylic acids is 1. The molecule has 1 aromatic rings. The third-order valence-electron chi connectivity index (χ3n) is 3.85. The lowest BCUT2D eigenvalue weighted by Crippen LogP contribution is -2.20. The molecule has 1 rings (SSSR count). The van der Waals surface area contributed by atoms with Crippen molar-refractivity contribution in [2.75, 3.05) is 0 Å². The second-order valence-corrected chi connectivity index (χ2v) is 5.08. The third kappa shape index (κ3) is 4.17. The molecule has 1 aromatic carbocycles. The van der Waals surface area contributed by atoms with Gasteiger partial charge in [0.25, 0.3) is 0 Å². The summed E-state index contributed by atoms with van der Waals surface area (Å²) in [4.78, 5) is 11.4. The number of carboxylic acid groups (broad SMARTS) is 1. The van der Waals surface area contributed by atoms with Crippen molar-refractivity contribution in [2.45, 2.75) is 46.5 Å². The first-order chi connectivity index (χ1) is 8.58. The van der Waals surface area contributed by atoms with Gasteiger partial charge in [0.05, 0.1) is 5.92 Å². The maximum absolute atomic E-state index is 11.4. The Bertz CT molecular complexity index is 380. The highest BCUT2D eigenvalue weighted by Gasteiger charge is 2.21. The highest BCUT2D eigenvalue weighted by atomic mass is 16.4. The lowest BCUT2D eigenvalue weighted by molar-refractivity contribution is -0.142. The van der Waals surface area contributed by atoms with Crippen molar-refractivity contribution in [1.82, 2.24) is 0 Å². The summed E-state index contributed by atoms with van der Waals surface area (Å²) in [5.41, 5.74) is 2.35. The first kappa shape index (κ1) is 14.7. The van der Waals surface area contributed by atoms with Crippen LogP contribution in [-0.4, -0.2) is 11.1 Å². The van der Waals surface area contributed by atoms with Crippen LogP contribution < -0.4 is 0 Å². The van der Waals surface area contributed by atoms with Crippen molar-refractivity contribution >= 4 is 5.97 Å². The van der Waals surface area contributed by atoms with E-state index in [2.05, 4.69) is 13.8 Å². The van der Waals surface area contributed by atoms with Gasteiger partial charge in [0, 0.05) is 0 Å². The number of rotatable bonds is 7. The molecule has 100 valence electrons. The minimum Gasteiger partial charge on any atom is -0.481 e. The Kier molecular flexibility index (Phi) is 5.90. The van der Waals surface area contributed by atoms with Crippen LogP contribution in [-0.2, 0) is 11.2 Å². The van der Waals surface area contributed by atoms with E-state index in [0.29, 0.717) is 12.3 Å². The van der Waals surface area contributed by atoms with E-state index in [9.17, 15) is 9.90 Å². The lowest BCUT2D eigenvalue weighted by Gasteiger charge is -2.19. The second-order valence-electron chi connectivity index (χ2n) is 5.08. The molecule has 0 aliphatic heterocycles. The van der Waals surface area contributed by atoms with Crippen LogP contribution in [0.15, 0.2) is 24.3 Å². The fourth-order valence-electron chi connectivity index (χ4n) is 2.40. The highest BCUT2D eigenvalue weighted by Crippen LogP contribution is 2.23. The Balaban J connectivity index is 2.75. The quantitative estimate of drug-likeness (QED) is 0.790. The minimum absolute atomic E-state index is 0.254. The van der Waals surface area contributed by atoms with E-state index in [4.69, 9.17) is 0 Å². The molecule has 1 N–H and O–H groups in total. The molecular formula is C16H24O2. The van der Waals surface area contributed by atoms with Crippen molar-refractivity contribution in [3.63, 3.8) is 0 Å². The van der Waals surface area contributed by atoms with Crippen molar-refractivity contribution in [3.05, 3.63) is 35.4 Å². The molecule has 2 heteroatoms. The number of hydrogen-bond donors (Lipinski definition) is 1. The fourth-order valence-corrected chi connectivity index (χ4v) is 2.40. The molecule has 0 bridgehead atoms. The van der Waals surface area contributed by atoms with Gasteiger partial charge in [-0.3, -0.25) is 4.79 Å². The van der Waals surface area contributed by atoms with Gasteiger partial charge in [0.15, 0.2) is 0 Å². The Hall–Kier alpha value is -1.31.